The third-order valence-electron chi connectivity index (χ3n) is 3.81. The summed E-state index contributed by atoms with van der Waals surface area (Å²) in [5, 5.41) is 2.77. The van der Waals surface area contributed by atoms with Gasteiger partial charge in [-0.05, 0) is 36.4 Å². The van der Waals surface area contributed by atoms with E-state index in [4.69, 9.17) is 16.3 Å². The number of amides is 1. The van der Waals surface area contributed by atoms with Gasteiger partial charge in [-0.3, -0.25) is 4.79 Å². The van der Waals surface area contributed by atoms with Gasteiger partial charge in [0.1, 0.15) is 10.6 Å². The van der Waals surface area contributed by atoms with Crippen LogP contribution < -0.4 is 10.1 Å². The van der Waals surface area contributed by atoms with Gasteiger partial charge in [-0.1, -0.05) is 11.6 Å². The monoisotopic (exact) mass is 426 g/mol. The van der Waals surface area contributed by atoms with Crippen molar-refractivity contribution in [2.75, 3.05) is 33.6 Å². The fourth-order valence-corrected chi connectivity index (χ4v) is 3.56. The largest absolute Gasteiger partial charge is 0.495 e. The molecule has 0 spiro atoms. The molecule has 2 rings (SSSR count). The van der Waals surface area contributed by atoms with Gasteiger partial charge in [0.05, 0.1) is 24.8 Å². The SMILES string of the molecule is COC(=O)c1cc(NC(=O)c2ccc(OC)c(S(=O)(=O)N(C)C)c2)ccc1Cl. The topological polar surface area (TPSA) is 102 Å². The summed E-state index contributed by atoms with van der Waals surface area (Å²) in [6.45, 7) is 0. The molecule has 1 amide bonds. The second-order valence-corrected chi connectivity index (χ2v) is 8.32. The molecule has 0 aliphatic rings. The molecule has 2 aromatic rings. The number of benzene rings is 2. The van der Waals surface area contributed by atoms with Gasteiger partial charge in [0, 0.05) is 25.3 Å². The number of hydrogen-bond acceptors (Lipinski definition) is 6. The van der Waals surface area contributed by atoms with Gasteiger partial charge in [0.15, 0.2) is 0 Å². The Hall–Kier alpha value is -2.62. The molecule has 0 radical (unpaired) electrons. The minimum Gasteiger partial charge on any atom is -0.495 e. The molecule has 2 aromatic carbocycles. The highest BCUT2D eigenvalue weighted by Crippen LogP contribution is 2.28. The van der Waals surface area contributed by atoms with Crippen molar-refractivity contribution in [2.24, 2.45) is 0 Å². The highest BCUT2D eigenvalue weighted by Gasteiger charge is 2.24. The van der Waals surface area contributed by atoms with E-state index in [1.54, 1.807) is 0 Å². The first-order valence-corrected chi connectivity index (χ1v) is 9.73. The van der Waals surface area contributed by atoms with Gasteiger partial charge < -0.3 is 14.8 Å². The maximum atomic E-state index is 12.6. The van der Waals surface area contributed by atoms with Gasteiger partial charge in [0.2, 0.25) is 10.0 Å². The molecule has 0 unspecified atom stereocenters. The van der Waals surface area contributed by atoms with Crippen molar-refractivity contribution in [3.8, 4) is 5.75 Å². The predicted molar refractivity (Wildman–Crippen MR) is 105 cm³/mol. The molecule has 0 aliphatic carbocycles. The van der Waals surface area contributed by atoms with Crippen LogP contribution in [0.5, 0.6) is 5.75 Å². The average Bonchev–Trinajstić information content (AvgIpc) is 2.68. The van der Waals surface area contributed by atoms with Crippen molar-refractivity contribution >= 4 is 39.2 Å². The second kappa shape index (κ2) is 8.59. The van der Waals surface area contributed by atoms with Crippen molar-refractivity contribution in [1.29, 1.82) is 0 Å². The number of sulfonamides is 1. The molecule has 0 bridgehead atoms. The maximum Gasteiger partial charge on any atom is 0.339 e. The molecule has 0 aliphatic heterocycles. The Labute approximate surface area is 168 Å². The van der Waals surface area contributed by atoms with E-state index in [1.165, 1.54) is 64.7 Å². The first-order valence-electron chi connectivity index (χ1n) is 7.91. The van der Waals surface area contributed by atoms with Crippen molar-refractivity contribution in [2.45, 2.75) is 4.90 Å². The number of carbonyl (C=O) groups excluding carboxylic acids is 2. The Balaban J connectivity index is 2.39. The van der Waals surface area contributed by atoms with Crippen LogP contribution in [0.25, 0.3) is 0 Å². The molecule has 10 heteroatoms. The van der Waals surface area contributed by atoms with Crippen LogP contribution in [0.3, 0.4) is 0 Å². The van der Waals surface area contributed by atoms with Crippen LogP contribution in [0, 0.1) is 0 Å². The number of halogens is 1. The minimum absolute atomic E-state index is 0.0903. The van der Waals surface area contributed by atoms with Crippen LogP contribution in [-0.2, 0) is 14.8 Å². The Morgan fingerprint density at radius 3 is 2.32 bits per heavy atom. The molecule has 8 nitrogen and oxygen atoms in total. The number of rotatable bonds is 6. The lowest BCUT2D eigenvalue weighted by molar-refractivity contribution is 0.0600. The number of nitrogens with zero attached hydrogens (tertiary/aromatic N) is 1. The fraction of sp³-hybridized carbons (Fsp3) is 0.222. The third kappa shape index (κ3) is 4.44. The molecule has 0 saturated carbocycles. The van der Waals surface area contributed by atoms with Crippen LogP contribution in [0.4, 0.5) is 5.69 Å². The molecule has 0 saturated heterocycles. The summed E-state index contributed by atoms with van der Waals surface area (Å²) in [6, 6.07) is 8.37. The van der Waals surface area contributed by atoms with Gasteiger partial charge in [-0.25, -0.2) is 17.5 Å². The molecular weight excluding hydrogens is 408 g/mol. The predicted octanol–water partition coefficient (Wildman–Crippen LogP) is 2.64. The highest BCUT2D eigenvalue weighted by atomic mass is 35.5. The molecule has 0 fully saturated rings. The van der Waals surface area contributed by atoms with E-state index in [1.807, 2.05) is 0 Å². The summed E-state index contributed by atoms with van der Waals surface area (Å²) < 4.78 is 35.7. The van der Waals surface area contributed by atoms with E-state index in [0.29, 0.717) is 5.69 Å². The summed E-state index contributed by atoms with van der Waals surface area (Å²) in [4.78, 5) is 24.2. The minimum atomic E-state index is -3.83. The normalized spacial score (nSPS) is 11.2. The van der Waals surface area contributed by atoms with E-state index < -0.39 is 21.9 Å². The zero-order chi connectivity index (χ0) is 21.1. The number of nitrogens with one attached hydrogen (secondary N) is 1. The van der Waals surface area contributed by atoms with Crippen LogP contribution >= 0.6 is 11.6 Å². The summed E-state index contributed by atoms with van der Waals surface area (Å²) in [6.07, 6.45) is 0. The van der Waals surface area contributed by atoms with E-state index >= 15 is 0 Å². The standard InChI is InChI=1S/C18H19ClN2O6S/c1-21(2)28(24,25)16-9-11(5-8-15(16)26-3)17(22)20-12-6-7-14(19)13(10-12)18(23)27-4/h5-10H,1-4H3,(H,20,22). The quantitative estimate of drug-likeness (QED) is 0.712. The first-order chi connectivity index (χ1) is 13.1. The van der Waals surface area contributed by atoms with Crippen molar-refractivity contribution in [3.05, 3.63) is 52.5 Å². The first kappa shape index (κ1) is 21.7. The number of anilines is 1. The Kier molecular flexibility index (Phi) is 6.65. The molecular formula is C18H19ClN2O6S. The highest BCUT2D eigenvalue weighted by molar-refractivity contribution is 7.89. The number of methoxy groups -OCH3 is 2. The van der Waals surface area contributed by atoms with Crippen LogP contribution in [0.1, 0.15) is 20.7 Å². The maximum absolute atomic E-state index is 12.6. The Morgan fingerprint density at radius 2 is 1.75 bits per heavy atom. The molecule has 150 valence electrons. The number of esters is 1. The van der Waals surface area contributed by atoms with Crippen LogP contribution in [0.15, 0.2) is 41.3 Å². The smallest absolute Gasteiger partial charge is 0.339 e. The zero-order valence-corrected chi connectivity index (χ0v) is 17.2. The average molecular weight is 427 g/mol. The van der Waals surface area contributed by atoms with Crippen LogP contribution in [0.2, 0.25) is 5.02 Å². The molecule has 1 N–H and O–H groups in total. The Bertz CT molecular complexity index is 1020. The number of carbonyl (C=O) groups is 2. The van der Waals surface area contributed by atoms with E-state index in [-0.39, 0.29) is 26.8 Å². The lowest BCUT2D eigenvalue weighted by Gasteiger charge is -2.15. The summed E-state index contributed by atoms with van der Waals surface area (Å²) in [5.41, 5.74) is 0.478. The van der Waals surface area contributed by atoms with E-state index in [0.717, 1.165) is 4.31 Å². The number of ether oxygens (including phenoxy) is 2. The zero-order valence-electron chi connectivity index (χ0n) is 15.6. The molecule has 0 atom stereocenters. The molecule has 28 heavy (non-hydrogen) atoms. The van der Waals surface area contributed by atoms with Crippen LogP contribution in [-0.4, -0.2) is 52.9 Å². The lowest BCUT2D eigenvalue weighted by atomic mass is 10.1. The third-order valence-corrected chi connectivity index (χ3v) is 5.98. The summed E-state index contributed by atoms with van der Waals surface area (Å²) >= 11 is 5.96. The summed E-state index contributed by atoms with van der Waals surface area (Å²) in [7, 11) is 1.49. The number of hydrogen-bond donors (Lipinski definition) is 1. The fourth-order valence-electron chi connectivity index (χ4n) is 2.29. The van der Waals surface area contributed by atoms with Crippen molar-refractivity contribution in [1.82, 2.24) is 4.31 Å². The second-order valence-electron chi connectivity index (χ2n) is 5.79. The summed E-state index contributed by atoms with van der Waals surface area (Å²) in [5.74, 6) is -1.11. The van der Waals surface area contributed by atoms with Crippen molar-refractivity contribution < 1.29 is 27.5 Å². The van der Waals surface area contributed by atoms with Gasteiger partial charge in [-0.2, -0.15) is 0 Å². The molecule has 0 heterocycles. The Morgan fingerprint density at radius 1 is 1.07 bits per heavy atom. The van der Waals surface area contributed by atoms with Gasteiger partial charge >= 0.3 is 5.97 Å². The van der Waals surface area contributed by atoms with E-state index in [2.05, 4.69) is 10.1 Å². The van der Waals surface area contributed by atoms with Gasteiger partial charge in [0.25, 0.3) is 5.91 Å². The molecule has 0 aromatic heterocycles. The van der Waals surface area contributed by atoms with Crippen molar-refractivity contribution in [3.63, 3.8) is 0 Å². The van der Waals surface area contributed by atoms with E-state index in [9.17, 15) is 18.0 Å². The van der Waals surface area contributed by atoms with Gasteiger partial charge in [-0.15, -0.1) is 0 Å². The lowest BCUT2D eigenvalue weighted by Crippen LogP contribution is -2.23.